The van der Waals surface area contributed by atoms with Crippen LogP contribution in [0.2, 0.25) is 0 Å². The molecule has 0 saturated carbocycles. The molecule has 0 unspecified atom stereocenters. The minimum Gasteiger partial charge on any atom is -0.478 e. The van der Waals surface area contributed by atoms with Crippen LogP contribution in [0, 0.1) is 4.91 Å². The molecule has 13 heavy (non-hydrogen) atoms. The van der Waals surface area contributed by atoms with E-state index >= 15 is 0 Å². The summed E-state index contributed by atoms with van der Waals surface area (Å²) >= 11 is 0. The predicted octanol–water partition coefficient (Wildman–Crippen LogP) is 1.60. The highest BCUT2D eigenvalue weighted by Crippen LogP contribution is 2.18. The van der Waals surface area contributed by atoms with Gasteiger partial charge >= 0.3 is 5.97 Å². The third kappa shape index (κ3) is 1.76. The van der Waals surface area contributed by atoms with Crippen LogP contribution in [-0.4, -0.2) is 17.4 Å². The topological polar surface area (TPSA) is 83.8 Å². The molecule has 1 aromatic carbocycles. The van der Waals surface area contributed by atoms with E-state index in [1.807, 2.05) is 0 Å². The Kier molecular flexibility index (Phi) is 2.49. The first kappa shape index (κ1) is 9.05. The lowest BCUT2D eigenvalue weighted by atomic mass is 10.1. The number of aromatic carboxylic acids is 1. The van der Waals surface area contributed by atoms with E-state index in [-0.39, 0.29) is 16.8 Å². The standard InChI is InChI=1S/C8H5NO4/c10-4-6-2-1-5(8(11)12)3-7(6)9-13/h1-4H,(H,11,12). The fraction of sp³-hybridized carbons (Fsp3) is 0. The molecule has 0 bridgehead atoms. The molecule has 0 aliphatic rings. The van der Waals surface area contributed by atoms with Gasteiger partial charge in [-0.3, -0.25) is 4.79 Å². The summed E-state index contributed by atoms with van der Waals surface area (Å²) in [4.78, 5) is 30.9. The lowest BCUT2D eigenvalue weighted by Gasteiger charge is -1.96. The van der Waals surface area contributed by atoms with Crippen molar-refractivity contribution in [3.8, 4) is 0 Å². The number of carbonyl (C=O) groups is 2. The van der Waals surface area contributed by atoms with Crippen LogP contribution in [0.15, 0.2) is 23.4 Å². The van der Waals surface area contributed by atoms with Gasteiger partial charge in [0.1, 0.15) is 5.69 Å². The van der Waals surface area contributed by atoms with Crippen molar-refractivity contribution in [2.75, 3.05) is 0 Å². The predicted molar refractivity (Wildman–Crippen MR) is 44.2 cm³/mol. The summed E-state index contributed by atoms with van der Waals surface area (Å²) in [6, 6.07) is 3.53. The molecular weight excluding hydrogens is 174 g/mol. The zero-order valence-corrected chi connectivity index (χ0v) is 6.43. The molecule has 0 saturated heterocycles. The van der Waals surface area contributed by atoms with Crippen molar-refractivity contribution in [3.05, 3.63) is 34.2 Å². The molecule has 5 nitrogen and oxygen atoms in total. The molecule has 1 N–H and O–H groups in total. The molecular formula is C8H5NO4. The van der Waals surface area contributed by atoms with Crippen LogP contribution in [0.4, 0.5) is 5.69 Å². The zero-order valence-electron chi connectivity index (χ0n) is 6.43. The third-order valence-electron chi connectivity index (χ3n) is 1.50. The third-order valence-corrected chi connectivity index (χ3v) is 1.50. The number of carboxylic acids is 1. The van der Waals surface area contributed by atoms with Gasteiger partial charge in [-0.2, -0.15) is 0 Å². The van der Waals surface area contributed by atoms with E-state index in [2.05, 4.69) is 5.18 Å². The molecule has 66 valence electrons. The molecule has 0 aromatic heterocycles. The first-order valence-corrected chi connectivity index (χ1v) is 3.35. The van der Waals surface area contributed by atoms with E-state index in [1.54, 1.807) is 0 Å². The normalized spacial score (nSPS) is 9.23. The van der Waals surface area contributed by atoms with Crippen molar-refractivity contribution in [2.24, 2.45) is 5.18 Å². The molecule has 1 aromatic rings. The highest BCUT2D eigenvalue weighted by atomic mass is 16.4. The van der Waals surface area contributed by atoms with E-state index in [9.17, 15) is 14.5 Å². The minimum absolute atomic E-state index is 0.0693. The summed E-state index contributed by atoms with van der Waals surface area (Å²) in [6.07, 6.45) is 0.447. The van der Waals surface area contributed by atoms with Crippen LogP contribution >= 0.6 is 0 Å². The number of hydrogen-bond donors (Lipinski definition) is 1. The van der Waals surface area contributed by atoms with E-state index in [1.165, 1.54) is 12.1 Å². The van der Waals surface area contributed by atoms with Gasteiger partial charge in [0.25, 0.3) is 0 Å². The number of nitrogens with zero attached hydrogens (tertiary/aromatic N) is 1. The quantitative estimate of drug-likeness (QED) is 0.564. The second kappa shape index (κ2) is 3.57. The second-order valence-electron chi connectivity index (χ2n) is 2.29. The smallest absolute Gasteiger partial charge is 0.335 e. The van der Waals surface area contributed by atoms with Crippen LogP contribution in [0.5, 0.6) is 0 Å². The van der Waals surface area contributed by atoms with Gasteiger partial charge in [-0.25, -0.2) is 4.79 Å². The monoisotopic (exact) mass is 179 g/mol. The molecule has 0 aliphatic carbocycles. The van der Waals surface area contributed by atoms with Crippen molar-refractivity contribution < 1.29 is 14.7 Å². The summed E-state index contributed by atoms with van der Waals surface area (Å²) in [5.41, 5.74) is -0.143. The van der Waals surface area contributed by atoms with E-state index in [0.29, 0.717) is 6.29 Å². The van der Waals surface area contributed by atoms with Gasteiger partial charge in [0.15, 0.2) is 6.29 Å². The lowest BCUT2D eigenvalue weighted by Crippen LogP contribution is -1.96. The maximum Gasteiger partial charge on any atom is 0.335 e. The fourth-order valence-electron chi connectivity index (χ4n) is 0.855. The molecule has 0 atom stereocenters. The van der Waals surface area contributed by atoms with Crippen molar-refractivity contribution in [2.45, 2.75) is 0 Å². The van der Waals surface area contributed by atoms with Gasteiger partial charge < -0.3 is 5.11 Å². The summed E-state index contributed by atoms with van der Waals surface area (Å²) in [5, 5.41) is 11.1. The zero-order chi connectivity index (χ0) is 9.84. The summed E-state index contributed by atoms with van der Waals surface area (Å²) in [7, 11) is 0. The number of aldehydes is 1. The SMILES string of the molecule is O=Cc1ccc(C(=O)O)cc1N=O. The maximum absolute atomic E-state index is 10.4. The van der Waals surface area contributed by atoms with Gasteiger partial charge in [-0.1, -0.05) is 0 Å². The van der Waals surface area contributed by atoms with Crippen molar-refractivity contribution in [1.29, 1.82) is 0 Å². The number of carbonyl (C=O) groups excluding carboxylic acids is 1. The van der Waals surface area contributed by atoms with Gasteiger partial charge in [-0.15, -0.1) is 4.91 Å². The van der Waals surface area contributed by atoms with Crippen LogP contribution in [0.1, 0.15) is 20.7 Å². The number of hydrogen-bond acceptors (Lipinski definition) is 4. The number of rotatable bonds is 3. The Morgan fingerprint density at radius 2 is 2.15 bits per heavy atom. The molecule has 0 fully saturated rings. The molecule has 0 aliphatic heterocycles. The van der Waals surface area contributed by atoms with Crippen LogP contribution < -0.4 is 0 Å². The Hall–Kier alpha value is -2.04. The Morgan fingerprint density at radius 1 is 1.46 bits per heavy atom. The Labute approximate surface area is 73.0 Å². The lowest BCUT2D eigenvalue weighted by molar-refractivity contribution is 0.0696. The minimum atomic E-state index is -1.16. The molecule has 0 radical (unpaired) electrons. The number of carboxylic acid groups (broad SMARTS) is 1. The summed E-state index contributed by atoms with van der Waals surface area (Å²) in [6.45, 7) is 0. The second-order valence-corrected chi connectivity index (χ2v) is 2.29. The molecule has 0 amide bonds. The summed E-state index contributed by atoms with van der Waals surface area (Å²) < 4.78 is 0. The number of nitroso groups, excluding NO2 is 1. The molecule has 5 heteroatoms. The van der Waals surface area contributed by atoms with E-state index < -0.39 is 5.97 Å². The molecule has 0 heterocycles. The fourth-order valence-corrected chi connectivity index (χ4v) is 0.855. The number of benzene rings is 1. The van der Waals surface area contributed by atoms with E-state index in [4.69, 9.17) is 5.11 Å². The van der Waals surface area contributed by atoms with Crippen LogP contribution in [0.25, 0.3) is 0 Å². The van der Waals surface area contributed by atoms with Crippen molar-refractivity contribution in [3.63, 3.8) is 0 Å². The Balaban J connectivity index is 3.28. The first-order valence-electron chi connectivity index (χ1n) is 3.35. The first-order chi connectivity index (χ1) is 6.19. The van der Waals surface area contributed by atoms with Crippen molar-refractivity contribution in [1.82, 2.24) is 0 Å². The van der Waals surface area contributed by atoms with Gasteiger partial charge in [-0.05, 0) is 23.4 Å². The van der Waals surface area contributed by atoms with Crippen LogP contribution in [0.3, 0.4) is 0 Å². The summed E-state index contributed by atoms with van der Waals surface area (Å²) in [5.74, 6) is -1.16. The van der Waals surface area contributed by atoms with Crippen LogP contribution in [-0.2, 0) is 0 Å². The Bertz CT molecular complexity index is 372. The maximum atomic E-state index is 10.4. The molecule has 1 rings (SSSR count). The average Bonchev–Trinajstić information content (AvgIpc) is 2.16. The van der Waals surface area contributed by atoms with Gasteiger partial charge in [0, 0.05) is 5.56 Å². The van der Waals surface area contributed by atoms with Crippen molar-refractivity contribution >= 4 is 17.9 Å². The average molecular weight is 179 g/mol. The highest BCUT2D eigenvalue weighted by Gasteiger charge is 2.07. The Morgan fingerprint density at radius 3 is 2.62 bits per heavy atom. The van der Waals surface area contributed by atoms with E-state index in [0.717, 1.165) is 6.07 Å². The highest BCUT2D eigenvalue weighted by molar-refractivity contribution is 5.92. The largest absolute Gasteiger partial charge is 0.478 e. The van der Waals surface area contributed by atoms with Gasteiger partial charge in [0.2, 0.25) is 0 Å². The molecule has 0 spiro atoms. The van der Waals surface area contributed by atoms with Gasteiger partial charge in [0.05, 0.1) is 5.56 Å².